The van der Waals surface area contributed by atoms with Crippen LogP contribution in [0.25, 0.3) is 0 Å². The van der Waals surface area contributed by atoms with Crippen LogP contribution in [-0.4, -0.2) is 70.4 Å². The molecule has 0 saturated heterocycles. The molecule has 0 heterocycles. The standard InChI is InChI=1S/4GeH2.W/h4*1H2;/q4*-1;+4. The predicted octanol–water partition coefficient (Wildman–Crippen LogP) is -3.67. The van der Waals surface area contributed by atoms with E-state index in [1.807, 2.05) is 0 Å². The van der Waals surface area contributed by atoms with Crippen LogP contribution in [-0.2, 0) is 21.1 Å². The molecule has 5 heteroatoms. The van der Waals surface area contributed by atoms with Gasteiger partial charge in [0.1, 0.15) is 0 Å². The number of hydrogen-bond acceptors (Lipinski definition) is 0. The third kappa shape index (κ3) is 19.8. The molecule has 0 spiro atoms. The maximum Gasteiger partial charge on any atom is 4.00 e. The molecule has 0 saturated carbocycles. The molecule has 0 aliphatic heterocycles. The molecule has 0 N–H and O–H groups in total. The molecule has 0 bridgehead atoms. The number of hydrogen-bond donors (Lipinski definition) is 0. The summed E-state index contributed by atoms with van der Waals surface area (Å²) in [4.78, 5) is 0. The molecule has 0 rings (SSSR count). The second-order valence-corrected chi connectivity index (χ2v) is 0. The Kier molecular flexibility index (Phi) is 261. The van der Waals surface area contributed by atoms with E-state index in [1.165, 1.54) is 0 Å². The summed E-state index contributed by atoms with van der Waals surface area (Å²) >= 11 is 0. The SMILES string of the molecule is [GeH2-].[GeH2-].[GeH2-].[GeH2-].[W+4]. The van der Waals surface area contributed by atoms with Crippen molar-refractivity contribution in [2.24, 2.45) is 0 Å². The first-order valence-corrected chi connectivity index (χ1v) is 0. The first kappa shape index (κ1) is 45.2. The second kappa shape index (κ2) is 28.8. The van der Waals surface area contributed by atoms with Gasteiger partial charge in [-0.3, -0.25) is 0 Å². The van der Waals surface area contributed by atoms with Crippen molar-refractivity contribution < 1.29 is 21.1 Å². The van der Waals surface area contributed by atoms with Crippen LogP contribution in [0.5, 0.6) is 0 Å². The monoisotopic (exact) mass is 488 g/mol. The average molecular weight is 482 g/mol. The third-order valence-corrected chi connectivity index (χ3v) is 0. The first-order chi connectivity index (χ1) is 0. The molecule has 0 unspecified atom stereocenters. The summed E-state index contributed by atoms with van der Waals surface area (Å²) in [6, 6.07) is 0. The van der Waals surface area contributed by atoms with Crippen molar-refractivity contribution in [2.45, 2.75) is 0 Å². The molecule has 5 heavy (non-hydrogen) atoms. The van der Waals surface area contributed by atoms with Crippen molar-refractivity contribution in [3.63, 3.8) is 0 Å². The minimum atomic E-state index is 0. The van der Waals surface area contributed by atoms with E-state index in [-0.39, 0.29) is 91.5 Å². The van der Waals surface area contributed by atoms with Crippen LogP contribution >= 0.6 is 0 Å². The zero-order valence-corrected chi connectivity index (χ0v) is 18.0. The summed E-state index contributed by atoms with van der Waals surface area (Å²) in [6.07, 6.45) is 0. The molecule has 0 nitrogen and oxygen atoms in total. The van der Waals surface area contributed by atoms with E-state index in [0.717, 1.165) is 0 Å². The van der Waals surface area contributed by atoms with Crippen LogP contribution in [0.2, 0.25) is 0 Å². The van der Waals surface area contributed by atoms with Gasteiger partial charge < -0.3 is 0 Å². The average Bonchev–Trinajstić information content (AvgIpc) is 0. The van der Waals surface area contributed by atoms with Gasteiger partial charge >= 0.3 is 91.5 Å². The molecule has 0 aliphatic rings. The molecule has 0 aromatic carbocycles. The Morgan fingerprint density at radius 2 is 0.400 bits per heavy atom. The Bertz CT molecular complexity index is 3.61. The van der Waals surface area contributed by atoms with Crippen molar-refractivity contribution >= 4 is 70.4 Å². The third-order valence-electron chi connectivity index (χ3n) is 0. The van der Waals surface area contributed by atoms with E-state index in [0.29, 0.717) is 0 Å². The van der Waals surface area contributed by atoms with Gasteiger partial charge in [0, 0.05) is 0 Å². The molecule has 0 fully saturated rings. The van der Waals surface area contributed by atoms with Gasteiger partial charge in [-0.05, 0) is 0 Å². The van der Waals surface area contributed by atoms with Crippen molar-refractivity contribution in [1.29, 1.82) is 0 Å². The minimum Gasteiger partial charge on any atom is 4.00 e. The van der Waals surface area contributed by atoms with Crippen LogP contribution in [0.4, 0.5) is 0 Å². The normalized spacial score (nSPS) is 0. The van der Waals surface area contributed by atoms with Gasteiger partial charge in [-0.1, -0.05) is 0 Å². The van der Waals surface area contributed by atoms with Crippen molar-refractivity contribution in [1.82, 2.24) is 0 Å². The summed E-state index contributed by atoms with van der Waals surface area (Å²) in [5.41, 5.74) is 0. The molecule has 0 atom stereocenters. The van der Waals surface area contributed by atoms with Gasteiger partial charge in [0.05, 0.1) is 0 Å². The van der Waals surface area contributed by atoms with E-state index in [9.17, 15) is 0 Å². The first-order valence-electron chi connectivity index (χ1n) is 0. The van der Waals surface area contributed by atoms with Gasteiger partial charge in [-0.2, -0.15) is 0 Å². The predicted molar refractivity (Wildman–Crippen MR) is 34.2 cm³/mol. The Hall–Kier alpha value is 2.86. The summed E-state index contributed by atoms with van der Waals surface area (Å²) in [6.45, 7) is 0. The summed E-state index contributed by atoms with van der Waals surface area (Å²) in [5, 5.41) is 0. The molecule has 4 radical (unpaired) electrons. The van der Waals surface area contributed by atoms with E-state index in [2.05, 4.69) is 0 Å². The fourth-order valence-corrected chi connectivity index (χ4v) is 0. The minimum absolute atomic E-state index is 0. The van der Waals surface area contributed by atoms with Crippen LogP contribution in [0.15, 0.2) is 0 Å². The maximum atomic E-state index is 0. The molecular formula is H8Ge4W. The van der Waals surface area contributed by atoms with Crippen LogP contribution in [0.1, 0.15) is 0 Å². The molecule has 0 aliphatic carbocycles. The quantitative estimate of drug-likeness (QED) is 0.313. The molecule has 0 amide bonds. The topological polar surface area (TPSA) is 0 Å². The largest absolute Gasteiger partial charge is 4.00 e. The van der Waals surface area contributed by atoms with Gasteiger partial charge in [0.25, 0.3) is 0 Å². The second-order valence-electron chi connectivity index (χ2n) is 0. The van der Waals surface area contributed by atoms with Crippen LogP contribution in [0, 0.1) is 0 Å². The van der Waals surface area contributed by atoms with Crippen molar-refractivity contribution in [3.8, 4) is 0 Å². The Morgan fingerprint density at radius 3 is 0.400 bits per heavy atom. The summed E-state index contributed by atoms with van der Waals surface area (Å²) in [5.74, 6) is 0. The van der Waals surface area contributed by atoms with Gasteiger partial charge in [0.15, 0.2) is 0 Å². The van der Waals surface area contributed by atoms with Gasteiger partial charge in [0.2, 0.25) is 0 Å². The van der Waals surface area contributed by atoms with Crippen molar-refractivity contribution in [2.75, 3.05) is 0 Å². The smallest absolute Gasteiger partial charge is 4.00 e. The molecule has 0 aromatic heterocycles. The fraction of sp³-hybridized carbons (Fsp3) is 0. The molecule has 0 aromatic rings. The summed E-state index contributed by atoms with van der Waals surface area (Å²) in [7, 11) is 0. The molecule has 30 valence electrons. The Balaban J connectivity index is 0. The molecular weight excluding hydrogens is 474 g/mol. The van der Waals surface area contributed by atoms with E-state index >= 15 is 0 Å². The zero-order valence-electron chi connectivity index (χ0n) is 3.24. The Labute approximate surface area is 90.1 Å². The fourth-order valence-electron chi connectivity index (χ4n) is 0. The summed E-state index contributed by atoms with van der Waals surface area (Å²) < 4.78 is 0. The van der Waals surface area contributed by atoms with E-state index in [1.54, 1.807) is 0 Å². The Morgan fingerprint density at radius 1 is 0.400 bits per heavy atom. The number of rotatable bonds is 0. The maximum absolute atomic E-state index is 0. The van der Waals surface area contributed by atoms with E-state index in [4.69, 9.17) is 0 Å². The van der Waals surface area contributed by atoms with Crippen LogP contribution in [0.3, 0.4) is 0 Å². The van der Waals surface area contributed by atoms with Gasteiger partial charge in [-0.25, -0.2) is 0 Å². The van der Waals surface area contributed by atoms with Crippen molar-refractivity contribution in [3.05, 3.63) is 0 Å². The zero-order chi connectivity index (χ0) is 0. The van der Waals surface area contributed by atoms with E-state index < -0.39 is 0 Å². The van der Waals surface area contributed by atoms with Crippen LogP contribution < -0.4 is 0 Å². The van der Waals surface area contributed by atoms with Gasteiger partial charge in [-0.15, -0.1) is 0 Å².